The average molecular weight is 557 g/mol. The number of carbonyl (C=O) groups is 1. The van der Waals surface area contributed by atoms with E-state index in [4.69, 9.17) is 14.3 Å². The molecule has 1 unspecified atom stereocenters. The SMILES string of the molecule is C=CO/C(=C\C(=O)CO)CC(C)(C)CCCSCCCSCCCC(C)Cc1cocc(O)c1=O.CC. The van der Waals surface area contributed by atoms with Crippen molar-refractivity contribution in [2.75, 3.05) is 29.6 Å². The zero-order valence-electron chi connectivity index (χ0n) is 23.4. The van der Waals surface area contributed by atoms with Crippen LogP contribution in [0.5, 0.6) is 5.75 Å². The van der Waals surface area contributed by atoms with E-state index in [1.54, 1.807) is 0 Å². The van der Waals surface area contributed by atoms with E-state index in [0.717, 1.165) is 55.0 Å². The summed E-state index contributed by atoms with van der Waals surface area (Å²) >= 11 is 3.97. The van der Waals surface area contributed by atoms with Gasteiger partial charge in [0.05, 0.1) is 12.5 Å². The van der Waals surface area contributed by atoms with E-state index in [1.165, 1.54) is 25.0 Å². The largest absolute Gasteiger partial charge is 0.502 e. The fourth-order valence-corrected chi connectivity index (χ4v) is 5.75. The second kappa shape index (κ2) is 21.3. The van der Waals surface area contributed by atoms with E-state index in [2.05, 4.69) is 27.4 Å². The zero-order valence-corrected chi connectivity index (χ0v) is 25.1. The average Bonchev–Trinajstić information content (AvgIpc) is 2.86. The maximum absolute atomic E-state index is 11.9. The van der Waals surface area contributed by atoms with Crippen LogP contribution in [0.15, 0.2) is 46.4 Å². The van der Waals surface area contributed by atoms with Crippen molar-refractivity contribution in [2.24, 2.45) is 11.3 Å². The molecule has 0 aromatic carbocycles. The maximum Gasteiger partial charge on any atom is 0.229 e. The summed E-state index contributed by atoms with van der Waals surface area (Å²) in [6.45, 7) is 13.5. The van der Waals surface area contributed by atoms with E-state index >= 15 is 0 Å². The van der Waals surface area contributed by atoms with Crippen LogP contribution in [-0.4, -0.2) is 45.6 Å². The third kappa shape index (κ3) is 17.5. The molecule has 212 valence electrons. The van der Waals surface area contributed by atoms with Crippen molar-refractivity contribution in [2.45, 2.75) is 79.6 Å². The second-order valence-corrected chi connectivity index (χ2v) is 12.1. The van der Waals surface area contributed by atoms with Crippen molar-refractivity contribution < 1.29 is 24.2 Å². The Labute approximate surface area is 232 Å². The lowest BCUT2D eigenvalue weighted by Crippen LogP contribution is -2.14. The lowest BCUT2D eigenvalue weighted by atomic mass is 9.83. The molecule has 0 saturated carbocycles. The molecule has 0 spiro atoms. The summed E-state index contributed by atoms with van der Waals surface area (Å²) in [6.07, 6.45) is 12.0. The Balaban J connectivity index is 0.00000631. The Morgan fingerprint density at radius 3 is 2.38 bits per heavy atom. The molecule has 6 nitrogen and oxygen atoms in total. The third-order valence-electron chi connectivity index (χ3n) is 5.55. The van der Waals surface area contributed by atoms with Gasteiger partial charge < -0.3 is 19.4 Å². The Kier molecular flexibility index (Phi) is 20.4. The van der Waals surface area contributed by atoms with Crippen molar-refractivity contribution in [3.05, 3.63) is 53.0 Å². The van der Waals surface area contributed by atoms with Crippen LogP contribution in [0.1, 0.15) is 78.7 Å². The Morgan fingerprint density at radius 1 is 1.14 bits per heavy atom. The highest BCUT2D eigenvalue weighted by molar-refractivity contribution is 8.00. The minimum atomic E-state index is -0.515. The smallest absolute Gasteiger partial charge is 0.229 e. The first kappa shape index (κ1) is 35.4. The number of hydrogen-bond donors (Lipinski definition) is 2. The molecule has 0 fully saturated rings. The van der Waals surface area contributed by atoms with Gasteiger partial charge in [0.25, 0.3) is 0 Å². The van der Waals surface area contributed by atoms with E-state index in [-0.39, 0.29) is 22.4 Å². The summed E-state index contributed by atoms with van der Waals surface area (Å²) in [4.78, 5) is 23.3. The summed E-state index contributed by atoms with van der Waals surface area (Å²) in [6, 6.07) is 0. The van der Waals surface area contributed by atoms with Crippen LogP contribution in [0.2, 0.25) is 0 Å². The molecule has 0 amide bonds. The van der Waals surface area contributed by atoms with E-state index in [1.807, 2.05) is 37.4 Å². The predicted octanol–water partition coefficient (Wildman–Crippen LogP) is 6.99. The fraction of sp³-hybridized carbons (Fsp3) is 0.655. The number of allylic oxidation sites excluding steroid dienone is 1. The Hall–Kier alpha value is -1.64. The summed E-state index contributed by atoms with van der Waals surface area (Å²) in [5.74, 6) is 4.82. The van der Waals surface area contributed by atoms with Gasteiger partial charge in [-0.15, -0.1) is 0 Å². The maximum atomic E-state index is 11.9. The van der Waals surface area contributed by atoms with Gasteiger partial charge in [-0.1, -0.05) is 41.2 Å². The zero-order chi connectivity index (χ0) is 28.1. The van der Waals surface area contributed by atoms with E-state index in [9.17, 15) is 14.7 Å². The summed E-state index contributed by atoms with van der Waals surface area (Å²) in [5.41, 5.74) is 0.226. The van der Waals surface area contributed by atoms with Crippen LogP contribution in [-0.2, 0) is 16.0 Å². The number of aliphatic hydroxyl groups is 1. The molecular weight excluding hydrogens is 508 g/mol. The number of ketones is 1. The number of rotatable bonds is 20. The Bertz CT molecular complexity index is 847. The quantitative estimate of drug-likeness (QED) is 0.101. The van der Waals surface area contributed by atoms with Gasteiger partial charge in [-0.2, -0.15) is 23.5 Å². The van der Waals surface area contributed by atoms with E-state index < -0.39 is 6.61 Å². The molecule has 0 aliphatic rings. The van der Waals surface area contributed by atoms with E-state index in [0.29, 0.717) is 30.1 Å². The molecule has 0 bridgehead atoms. The number of aromatic hydroxyl groups is 1. The monoisotopic (exact) mass is 556 g/mol. The van der Waals surface area contributed by atoms with Gasteiger partial charge in [0.1, 0.15) is 18.6 Å². The van der Waals surface area contributed by atoms with Gasteiger partial charge in [0.15, 0.2) is 11.5 Å². The molecule has 0 aliphatic heterocycles. The van der Waals surface area contributed by atoms with Gasteiger partial charge >= 0.3 is 0 Å². The molecule has 37 heavy (non-hydrogen) atoms. The number of aliphatic hydroxyl groups excluding tert-OH is 1. The molecule has 1 heterocycles. The van der Waals surface area contributed by atoms with Crippen LogP contribution in [0.3, 0.4) is 0 Å². The van der Waals surface area contributed by atoms with Crippen molar-refractivity contribution in [3.8, 4) is 5.75 Å². The molecule has 0 saturated heterocycles. The number of hydrogen-bond acceptors (Lipinski definition) is 8. The van der Waals surface area contributed by atoms with Crippen molar-refractivity contribution in [3.63, 3.8) is 0 Å². The van der Waals surface area contributed by atoms with Gasteiger partial charge in [0, 0.05) is 18.1 Å². The first-order valence-electron chi connectivity index (χ1n) is 13.2. The van der Waals surface area contributed by atoms with Crippen molar-refractivity contribution in [1.29, 1.82) is 0 Å². The molecule has 0 aliphatic carbocycles. The number of thioether (sulfide) groups is 2. The van der Waals surface area contributed by atoms with Crippen molar-refractivity contribution in [1.82, 2.24) is 0 Å². The normalized spacial score (nSPS) is 12.4. The number of carbonyl (C=O) groups excluding carboxylic acids is 1. The highest BCUT2D eigenvalue weighted by Gasteiger charge is 2.21. The van der Waals surface area contributed by atoms with Crippen LogP contribution in [0.25, 0.3) is 0 Å². The van der Waals surface area contributed by atoms with Gasteiger partial charge in [-0.25, -0.2) is 0 Å². The van der Waals surface area contributed by atoms with Crippen LogP contribution >= 0.6 is 23.5 Å². The molecule has 1 atom stereocenters. The first-order chi connectivity index (χ1) is 17.7. The first-order valence-corrected chi connectivity index (χ1v) is 15.5. The minimum Gasteiger partial charge on any atom is -0.502 e. The standard InChI is InChI=1S/C27H42O6S2.C2H6/c1-5-33-24(16-23(29)18-28)17-27(3,4)10-7-12-35-14-8-13-34-11-6-9-21(2)15-22-19-32-20-25(30)26(22)31;1-2/h5,16,19-21,28,30H,1,6-15,17-18H2,2-4H3;1-2H3/b24-16-;. The molecule has 8 heteroatoms. The number of ether oxygens (including phenoxy) is 1. The molecule has 1 rings (SSSR count). The molecule has 0 radical (unpaired) electrons. The predicted molar refractivity (Wildman–Crippen MR) is 158 cm³/mol. The topological polar surface area (TPSA) is 97.0 Å². The van der Waals surface area contributed by atoms with Crippen LogP contribution in [0, 0.1) is 11.3 Å². The second-order valence-electron chi connectivity index (χ2n) is 9.61. The lowest BCUT2D eigenvalue weighted by Gasteiger charge is -2.25. The lowest BCUT2D eigenvalue weighted by molar-refractivity contribution is -0.117. The third-order valence-corrected chi connectivity index (χ3v) is 7.86. The molecular formula is C29H48O6S2. The van der Waals surface area contributed by atoms with Crippen molar-refractivity contribution >= 4 is 29.3 Å². The highest BCUT2D eigenvalue weighted by atomic mass is 32.2. The molecule has 1 aromatic heterocycles. The summed E-state index contributed by atoms with van der Waals surface area (Å²) in [7, 11) is 0. The highest BCUT2D eigenvalue weighted by Crippen LogP contribution is 2.31. The van der Waals surface area contributed by atoms with Gasteiger partial charge in [-0.3, -0.25) is 9.59 Å². The minimum absolute atomic E-state index is 0.00302. The van der Waals surface area contributed by atoms with Gasteiger partial charge in [0.2, 0.25) is 5.43 Å². The molecule has 2 N–H and O–H groups in total. The van der Waals surface area contributed by atoms with Gasteiger partial charge in [-0.05, 0) is 72.9 Å². The molecule has 1 aromatic rings. The van der Waals surface area contributed by atoms with Crippen LogP contribution < -0.4 is 5.43 Å². The summed E-state index contributed by atoms with van der Waals surface area (Å²) in [5, 5.41) is 18.4. The summed E-state index contributed by atoms with van der Waals surface area (Å²) < 4.78 is 10.4. The fourth-order valence-electron chi connectivity index (χ4n) is 3.74. The Morgan fingerprint density at radius 2 is 1.76 bits per heavy atom. The van der Waals surface area contributed by atoms with Crippen LogP contribution in [0.4, 0.5) is 0 Å².